The van der Waals surface area contributed by atoms with Crippen molar-refractivity contribution in [1.29, 1.82) is 0 Å². The van der Waals surface area contributed by atoms with Gasteiger partial charge in [-0.05, 0) is 23.8 Å². The Morgan fingerprint density at radius 3 is 3.17 bits per heavy atom. The third-order valence-electron chi connectivity index (χ3n) is 2.00. The normalized spacial score (nSPS) is 14.6. The maximum atomic E-state index is 5.66. The van der Waals surface area contributed by atoms with Gasteiger partial charge in [0.1, 0.15) is 0 Å². The molecule has 1 aromatic rings. The Morgan fingerprint density at radius 1 is 1.50 bits per heavy atom. The first-order valence-corrected chi connectivity index (χ1v) is 3.88. The molecule has 0 saturated carbocycles. The molecule has 12 heavy (non-hydrogen) atoms. The van der Waals surface area contributed by atoms with Gasteiger partial charge in [0.05, 0.1) is 12.9 Å². The Morgan fingerprint density at radius 2 is 2.33 bits per heavy atom. The summed E-state index contributed by atoms with van der Waals surface area (Å²) in [6, 6.07) is 5.91. The molecule has 1 heterocycles. The van der Waals surface area contributed by atoms with Gasteiger partial charge < -0.3 is 10.6 Å². The van der Waals surface area contributed by atoms with Crippen molar-refractivity contribution < 1.29 is 0 Å². The van der Waals surface area contributed by atoms with Crippen LogP contribution in [-0.2, 0) is 6.54 Å². The van der Waals surface area contributed by atoms with E-state index in [0.29, 0.717) is 0 Å². The monoisotopic (exact) mass is 161 g/mol. The average Bonchev–Trinajstić information content (AvgIpc) is 2.04. The summed E-state index contributed by atoms with van der Waals surface area (Å²) in [5, 5.41) is 0. The minimum atomic E-state index is 0.741. The molecule has 2 rings (SSSR count). The van der Waals surface area contributed by atoms with Crippen molar-refractivity contribution >= 4 is 17.7 Å². The van der Waals surface area contributed by atoms with Crippen LogP contribution in [-0.4, -0.2) is 13.4 Å². The van der Waals surface area contributed by atoms with E-state index in [2.05, 4.69) is 4.99 Å². The lowest BCUT2D eigenvalue weighted by molar-refractivity contribution is 1.02. The van der Waals surface area contributed by atoms with Crippen molar-refractivity contribution in [3.05, 3.63) is 23.8 Å². The Labute approximate surface area is 71.5 Å². The maximum Gasteiger partial charge on any atom is 0.0895 e. The summed E-state index contributed by atoms with van der Waals surface area (Å²) in [5.74, 6) is 0. The van der Waals surface area contributed by atoms with Crippen LogP contribution in [0.1, 0.15) is 5.56 Å². The third-order valence-corrected chi connectivity index (χ3v) is 2.00. The van der Waals surface area contributed by atoms with E-state index in [9.17, 15) is 0 Å². The Kier molecular flexibility index (Phi) is 1.50. The summed E-state index contributed by atoms with van der Waals surface area (Å²) < 4.78 is 0. The van der Waals surface area contributed by atoms with Gasteiger partial charge in [-0.25, -0.2) is 0 Å². The molecule has 0 aromatic heterocycles. The third kappa shape index (κ3) is 1.03. The van der Waals surface area contributed by atoms with Crippen LogP contribution in [0.2, 0.25) is 0 Å². The number of aliphatic imine (C=N–C) groups is 1. The summed E-state index contributed by atoms with van der Waals surface area (Å²) >= 11 is 0. The Hall–Kier alpha value is -1.51. The first-order chi connectivity index (χ1) is 5.77. The number of fused-ring (bicyclic) bond motifs is 1. The van der Waals surface area contributed by atoms with E-state index in [0.717, 1.165) is 12.2 Å². The van der Waals surface area contributed by atoms with Gasteiger partial charge >= 0.3 is 0 Å². The lowest BCUT2D eigenvalue weighted by Crippen LogP contribution is -2.19. The van der Waals surface area contributed by atoms with Gasteiger partial charge in [-0.15, -0.1) is 0 Å². The molecule has 0 amide bonds. The molecule has 3 nitrogen and oxygen atoms in total. The fraction of sp³-hybridized carbons (Fsp3) is 0.222. The van der Waals surface area contributed by atoms with E-state index in [-0.39, 0.29) is 0 Å². The highest BCUT2D eigenvalue weighted by atomic mass is 15.1. The van der Waals surface area contributed by atoms with Crippen molar-refractivity contribution in [3.63, 3.8) is 0 Å². The van der Waals surface area contributed by atoms with Gasteiger partial charge in [-0.2, -0.15) is 0 Å². The van der Waals surface area contributed by atoms with Gasteiger partial charge in [0, 0.05) is 18.4 Å². The van der Waals surface area contributed by atoms with Gasteiger partial charge in [0.25, 0.3) is 0 Å². The van der Waals surface area contributed by atoms with Gasteiger partial charge in [-0.1, -0.05) is 0 Å². The highest BCUT2D eigenvalue weighted by Crippen LogP contribution is 2.24. The standard InChI is InChI=1S/C9H11N3/c1-12-6-11-5-7-4-8(10)2-3-9(7)12/h2-4,6H,5,10H2,1H3. The zero-order chi connectivity index (χ0) is 8.55. The molecule has 0 fully saturated rings. The molecule has 1 aromatic carbocycles. The second kappa shape index (κ2) is 2.52. The van der Waals surface area contributed by atoms with Crippen LogP contribution in [0.25, 0.3) is 0 Å². The molecule has 0 saturated heterocycles. The zero-order valence-corrected chi connectivity index (χ0v) is 6.99. The zero-order valence-electron chi connectivity index (χ0n) is 6.99. The van der Waals surface area contributed by atoms with E-state index in [1.54, 1.807) is 0 Å². The average molecular weight is 161 g/mol. The Bertz CT molecular complexity index is 331. The van der Waals surface area contributed by atoms with Crippen molar-refractivity contribution in [2.75, 3.05) is 17.7 Å². The van der Waals surface area contributed by atoms with Crippen LogP contribution in [0.15, 0.2) is 23.2 Å². The molecular weight excluding hydrogens is 150 g/mol. The first kappa shape index (κ1) is 7.16. The van der Waals surface area contributed by atoms with Crippen LogP contribution >= 0.6 is 0 Å². The molecule has 0 unspecified atom stereocenters. The number of nitrogens with two attached hydrogens (primary N) is 1. The van der Waals surface area contributed by atoms with Gasteiger partial charge in [-0.3, -0.25) is 4.99 Å². The summed E-state index contributed by atoms with van der Waals surface area (Å²) in [6.45, 7) is 0.741. The fourth-order valence-electron chi connectivity index (χ4n) is 1.40. The molecule has 1 aliphatic heterocycles. The predicted octanol–water partition coefficient (Wildman–Crippen LogP) is 1.25. The number of rotatable bonds is 0. The van der Waals surface area contributed by atoms with Crippen LogP contribution < -0.4 is 10.6 Å². The van der Waals surface area contributed by atoms with E-state index < -0.39 is 0 Å². The summed E-state index contributed by atoms with van der Waals surface area (Å²) in [7, 11) is 1.98. The minimum absolute atomic E-state index is 0.741. The minimum Gasteiger partial charge on any atom is -0.399 e. The van der Waals surface area contributed by atoms with E-state index in [1.807, 2.05) is 36.5 Å². The SMILES string of the molecule is CN1C=NCc2cc(N)ccc21. The smallest absolute Gasteiger partial charge is 0.0895 e. The van der Waals surface area contributed by atoms with E-state index in [4.69, 9.17) is 5.73 Å². The van der Waals surface area contributed by atoms with Crippen molar-refractivity contribution in [3.8, 4) is 0 Å². The highest BCUT2D eigenvalue weighted by molar-refractivity contribution is 5.82. The molecule has 0 radical (unpaired) electrons. The quantitative estimate of drug-likeness (QED) is 0.582. The van der Waals surface area contributed by atoms with Crippen LogP contribution in [0.3, 0.4) is 0 Å². The molecule has 62 valence electrons. The number of nitrogens with zero attached hydrogens (tertiary/aromatic N) is 2. The first-order valence-electron chi connectivity index (χ1n) is 3.88. The van der Waals surface area contributed by atoms with Crippen LogP contribution in [0.5, 0.6) is 0 Å². The lowest BCUT2D eigenvalue weighted by Gasteiger charge is -2.21. The number of nitrogen functional groups attached to an aromatic ring is 1. The Balaban J connectivity index is 2.51. The molecule has 0 aliphatic carbocycles. The van der Waals surface area contributed by atoms with Crippen molar-refractivity contribution in [2.24, 2.45) is 4.99 Å². The second-order valence-corrected chi connectivity index (χ2v) is 2.96. The van der Waals surface area contributed by atoms with Gasteiger partial charge in [0.15, 0.2) is 0 Å². The summed E-state index contributed by atoms with van der Waals surface area (Å²) in [5.41, 5.74) is 8.85. The molecular formula is C9H11N3. The molecule has 0 atom stereocenters. The summed E-state index contributed by atoms with van der Waals surface area (Å²) in [4.78, 5) is 6.18. The number of hydrogen-bond donors (Lipinski definition) is 1. The van der Waals surface area contributed by atoms with Crippen molar-refractivity contribution in [2.45, 2.75) is 6.54 Å². The second-order valence-electron chi connectivity index (χ2n) is 2.96. The van der Waals surface area contributed by atoms with Crippen LogP contribution in [0, 0.1) is 0 Å². The number of hydrogen-bond acceptors (Lipinski definition) is 3. The molecule has 3 heteroatoms. The number of anilines is 2. The maximum absolute atomic E-state index is 5.66. The highest BCUT2D eigenvalue weighted by Gasteiger charge is 2.09. The summed E-state index contributed by atoms with van der Waals surface area (Å²) in [6.07, 6.45) is 1.83. The molecule has 0 spiro atoms. The van der Waals surface area contributed by atoms with E-state index >= 15 is 0 Å². The molecule has 1 aliphatic rings. The molecule has 2 N–H and O–H groups in total. The lowest BCUT2D eigenvalue weighted by atomic mass is 10.1. The molecule has 0 bridgehead atoms. The van der Waals surface area contributed by atoms with Gasteiger partial charge in [0.2, 0.25) is 0 Å². The largest absolute Gasteiger partial charge is 0.399 e. The van der Waals surface area contributed by atoms with E-state index in [1.165, 1.54) is 11.3 Å². The number of benzene rings is 1. The topological polar surface area (TPSA) is 41.6 Å². The predicted molar refractivity (Wildman–Crippen MR) is 51.5 cm³/mol. The van der Waals surface area contributed by atoms with Crippen molar-refractivity contribution in [1.82, 2.24) is 0 Å². The van der Waals surface area contributed by atoms with Crippen LogP contribution in [0.4, 0.5) is 11.4 Å². The fourth-order valence-corrected chi connectivity index (χ4v) is 1.40.